The van der Waals surface area contributed by atoms with Gasteiger partial charge in [-0.25, -0.2) is 0 Å². The number of esters is 1. The molecule has 2 aromatic rings. The zero-order valence-electron chi connectivity index (χ0n) is 21.3. The highest BCUT2D eigenvalue weighted by Gasteiger charge is 2.17. The van der Waals surface area contributed by atoms with Crippen LogP contribution in [-0.2, 0) is 28.0 Å². The Balaban J connectivity index is 1.72. The number of ether oxygens (including phenoxy) is 2. The van der Waals surface area contributed by atoms with Gasteiger partial charge in [0.25, 0.3) is 5.09 Å². The number of rotatable bonds is 19. The van der Waals surface area contributed by atoms with Crippen LogP contribution in [0.5, 0.6) is 5.75 Å². The molecule has 2 aromatic carbocycles. The van der Waals surface area contributed by atoms with Gasteiger partial charge in [0.1, 0.15) is 19.0 Å². The highest BCUT2D eigenvalue weighted by molar-refractivity contribution is 8.76. The van der Waals surface area contributed by atoms with Gasteiger partial charge in [-0.2, -0.15) is 0 Å². The van der Waals surface area contributed by atoms with Crippen LogP contribution in [0.15, 0.2) is 36.4 Å². The van der Waals surface area contributed by atoms with Crippen molar-refractivity contribution in [3.63, 3.8) is 0 Å². The molecule has 0 spiro atoms. The van der Waals surface area contributed by atoms with Crippen molar-refractivity contribution in [2.45, 2.75) is 32.6 Å². The van der Waals surface area contributed by atoms with Crippen molar-refractivity contribution in [2.75, 3.05) is 51.2 Å². The number of hydrogen-bond acceptors (Lipinski definition) is 11. The number of fused-ring (bicyclic) bond motifs is 1. The maximum absolute atomic E-state index is 12.4. The van der Waals surface area contributed by atoms with E-state index in [1.807, 2.05) is 43.3 Å². The Kier molecular flexibility index (Phi) is 14.2. The summed E-state index contributed by atoms with van der Waals surface area (Å²) in [5, 5.41) is 11.3. The minimum atomic E-state index is -2.95. The molecule has 0 aromatic heterocycles. The van der Waals surface area contributed by atoms with E-state index < -0.39 is 18.6 Å². The number of benzene rings is 2. The van der Waals surface area contributed by atoms with Crippen LogP contribution in [0.3, 0.4) is 0 Å². The van der Waals surface area contributed by atoms with Crippen molar-refractivity contribution in [1.82, 2.24) is 0 Å². The first kappa shape index (κ1) is 31.2. The maximum atomic E-state index is 12.4. The van der Waals surface area contributed by atoms with Gasteiger partial charge in [0.2, 0.25) is 0 Å². The Labute approximate surface area is 225 Å². The van der Waals surface area contributed by atoms with Crippen molar-refractivity contribution in [3.8, 4) is 5.75 Å². The van der Waals surface area contributed by atoms with Crippen molar-refractivity contribution in [2.24, 2.45) is 0 Å². The first-order valence-electron chi connectivity index (χ1n) is 11.9. The molecule has 10 nitrogen and oxygen atoms in total. The predicted molar refractivity (Wildman–Crippen MR) is 147 cm³/mol. The first-order chi connectivity index (χ1) is 17.7. The van der Waals surface area contributed by atoms with Crippen LogP contribution in [0.2, 0.25) is 0 Å². The lowest BCUT2D eigenvalue weighted by Gasteiger charge is -2.14. The summed E-state index contributed by atoms with van der Waals surface area (Å²) in [6.45, 7) is 6.60. The average molecular weight is 576 g/mol. The van der Waals surface area contributed by atoms with Gasteiger partial charge in [0.15, 0.2) is 0 Å². The Morgan fingerprint density at radius 3 is 2.41 bits per heavy atom. The minimum absolute atomic E-state index is 0.0336. The summed E-state index contributed by atoms with van der Waals surface area (Å²) >= 11 is 0. The third kappa shape index (κ3) is 12.4. The summed E-state index contributed by atoms with van der Waals surface area (Å²) < 4.78 is 33.5. The summed E-state index contributed by atoms with van der Waals surface area (Å²) in [5.41, 5.74) is 0.866. The SMILES string of the molecule is CCOP(C)(=O)OCCCCOc1ccc2cc(C(C)C(=O)OCCSSCCO[N+](=O)[O-])ccc2c1. The zero-order valence-corrected chi connectivity index (χ0v) is 23.8. The molecule has 37 heavy (non-hydrogen) atoms. The van der Waals surface area contributed by atoms with Crippen molar-refractivity contribution in [3.05, 3.63) is 52.1 Å². The van der Waals surface area contributed by atoms with E-state index in [1.165, 1.54) is 28.3 Å². The normalized spacial score (nSPS) is 13.6. The summed E-state index contributed by atoms with van der Waals surface area (Å²) in [4.78, 5) is 26.7. The van der Waals surface area contributed by atoms with Gasteiger partial charge < -0.3 is 23.4 Å². The molecule has 0 saturated heterocycles. The van der Waals surface area contributed by atoms with Crippen LogP contribution in [0.4, 0.5) is 0 Å². The third-order valence-electron chi connectivity index (χ3n) is 5.04. The van der Waals surface area contributed by atoms with E-state index in [2.05, 4.69) is 4.84 Å². The summed E-state index contributed by atoms with van der Waals surface area (Å²) in [5.74, 6) is 1.11. The molecule has 0 aliphatic heterocycles. The standard InChI is InChI=1S/C24H34NO9PS2/c1-4-33-35(3,29)34-12-6-5-11-30-23-10-9-21-17-20(7-8-22(21)18-23)19(2)24(26)31-13-15-36-37-16-14-32-25(27)28/h7-10,17-19H,4-6,11-16H2,1-3H3. The van der Waals surface area contributed by atoms with Gasteiger partial charge in [-0.1, -0.05) is 45.9 Å². The molecule has 2 unspecified atom stereocenters. The summed E-state index contributed by atoms with van der Waals surface area (Å²) in [6.07, 6.45) is 1.47. The number of carbonyl (C=O) groups is 1. The fourth-order valence-electron chi connectivity index (χ4n) is 3.20. The van der Waals surface area contributed by atoms with Crippen molar-refractivity contribution < 1.29 is 37.8 Å². The van der Waals surface area contributed by atoms with E-state index in [-0.39, 0.29) is 19.2 Å². The first-order valence-corrected chi connectivity index (χ1v) is 16.4. The van der Waals surface area contributed by atoms with Gasteiger partial charge in [-0.3, -0.25) is 9.36 Å². The lowest BCUT2D eigenvalue weighted by Crippen LogP contribution is -2.14. The number of unbranched alkanes of at least 4 members (excludes halogenated alkanes) is 1. The molecule has 0 saturated carbocycles. The lowest BCUT2D eigenvalue weighted by atomic mass is 9.98. The second-order valence-electron chi connectivity index (χ2n) is 7.94. The van der Waals surface area contributed by atoms with E-state index in [0.29, 0.717) is 37.7 Å². The minimum Gasteiger partial charge on any atom is -0.494 e. The van der Waals surface area contributed by atoms with E-state index in [4.69, 9.17) is 18.5 Å². The van der Waals surface area contributed by atoms with Crippen molar-refractivity contribution >= 4 is 45.9 Å². The smallest absolute Gasteiger partial charge is 0.327 e. The molecule has 0 heterocycles. The van der Waals surface area contributed by atoms with Gasteiger partial charge >= 0.3 is 13.6 Å². The van der Waals surface area contributed by atoms with Crippen LogP contribution in [0, 0.1) is 10.1 Å². The number of nitrogens with zero attached hydrogens (tertiary/aromatic N) is 1. The summed E-state index contributed by atoms with van der Waals surface area (Å²) in [6, 6.07) is 11.7. The quantitative estimate of drug-likeness (QED) is 0.0481. The zero-order chi connectivity index (χ0) is 27.1. The second-order valence-corrected chi connectivity index (χ2v) is 12.7. The average Bonchev–Trinajstić information content (AvgIpc) is 2.86. The molecule has 13 heteroatoms. The van der Waals surface area contributed by atoms with Gasteiger partial charge in [-0.05, 0) is 55.2 Å². The molecule has 206 valence electrons. The Morgan fingerprint density at radius 1 is 1.00 bits per heavy atom. The fraction of sp³-hybridized carbons (Fsp3) is 0.542. The molecule has 0 bridgehead atoms. The molecule has 0 amide bonds. The monoisotopic (exact) mass is 575 g/mol. The molecule has 2 atom stereocenters. The molecule has 2 rings (SSSR count). The Hall–Kier alpha value is -1.98. The van der Waals surface area contributed by atoms with Crippen LogP contribution < -0.4 is 4.74 Å². The van der Waals surface area contributed by atoms with Crippen LogP contribution in [-0.4, -0.2) is 62.3 Å². The molecular weight excluding hydrogens is 541 g/mol. The van der Waals surface area contributed by atoms with E-state index >= 15 is 0 Å². The van der Waals surface area contributed by atoms with Gasteiger partial charge in [0, 0.05) is 18.2 Å². The molecule has 0 N–H and O–H groups in total. The van der Waals surface area contributed by atoms with E-state index in [0.717, 1.165) is 28.5 Å². The maximum Gasteiger partial charge on any atom is 0.327 e. The largest absolute Gasteiger partial charge is 0.494 e. The topological polar surface area (TPSA) is 123 Å². The predicted octanol–water partition coefficient (Wildman–Crippen LogP) is 6.11. The van der Waals surface area contributed by atoms with E-state index in [9.17, 15) is 19.5 Å². The Morgan fingerprint density at radius 2 is 1.68 bits per heavy atom. The number of hydrogen-bond donors (Lipinski definition) is 0. The van der Waals surface area contributed by atoms with Crippen LogP contribution >= 0.6 is 29.2 Å². The number of carbonyl (C=O) groups excluding carboxylic acids is 1. The third-order valence-corrected chi connectivity index (χ3v) is 8.76. The second kappa shape index (κ2) is 16.8. The van der Waals surface area contributed by atoms with Gasteiger partial charge in [-0.15, -0.1) is 10.1 Å². The molecule has 0 fully saturated rings. The van der Waals surface area contributed by atoms with E-state index in [1.54, 1.807) is 6.92 Å². The van der Waals surface area contributed by atoms with Crippen molar-refractivity contribution in [1.29, 1.82) is 0 Å². The molecule has 0 aliphatic carbocycles. The highest BCUT2D eigenvalue weighted by Crippen LogP contribution is 2.43. The lowest BCUT2D eigenvalue weighted by molar-refractivity contribution is -0.756. The molecule has 0 radical (unpaired) electrons. The summed E-state index contributed by atoms with van der Waals surface area (Å²) in [7, 11) is -0.0503. The Bertz CT molecular complexity index is 1060. The molecule has 0 aliphatic rings. The van der Waals surface area contributed by atoms with Gasteiger partial charge in [0.05, 0.1) is 25.7 Å². The highest BCUT2D eigenvalue weighted by atomic mass is 33.1. The van der Waals surface area contributed by atoms with Crippen LogP contribution in [0.25, 0.3) is 10.8 Å². The molecular formula is C24H34NO9PS2. The fourth-order valence-corrected chi connectivity index (χ4v) is 5.85. The van der Waals surface area contributed by atoms with Crippen LogP contribution in [0.1, 0.15) is 38.2 Å².